The molecular formula is C13H20N2O5. The van der Waals surface area contributed by atoms with Gasteiger partial charge in [-0.2, -0.15) is 0 Å². The van der Waals surface area contributed by atoms with E-state index in [9.17, 15) is 14.4 Å². The van der Waals surface area contributed by atoms with E-state index in [0.29, 0.717) is 6.42 Å². The smallest absolute Gasteiger partial charge is 0.328 e. The van der Waals surface area contributed by atoms with Gasteiger partial charge >= 0.3 is 5.97 Å². The summed E-state index contributed by atoms with van der Waals surface area (Å²) in [5.74, 6) is -1.70. The third-order valence-electron chi connectivity index (χ3n) is 3.74. The van der Waals surface area contributed by atoms with Crippen LogP contribution in [0.15, 0.2) is 0 Å². The average Bonchev–Trinajstić information content (AvgIpc) is 2.45. The number of piperazine rings is 1. The van der Waals surface area contributed by atoms with E-state index >= 15 is 0 Å². The van der Waals surface area contributed by atoms with Gasteiger partial charge in [0.2, 0.25) is 11.8 Å². The van der Waals surface area contributed by atoms with E-state index in [1.54, 1.807) is 0 Å². The lowest BCUT2D eigenvalue weighted by atomic mass is 10.0. The highest BCUT2D eigenvalue weighted by Crippen LogP contribution is 2.18. The molecule has 2 fully saturated rings. The van der Waals surface area contributed by atoms with Crippen LogP contribution in [0.4, 0.5) is 0 Å². The minimum absolute atomic E-state index is 0.0279. The lowest BCUT2D eigenvalue weighted by Gasteiger charge is -2.33. The van der Waals surface area contributed by atoms with Crippen molar-refractivity contribution < 1.29 is 24.2 Å². The minimum Gasteiger partial charge on any atom is -0.480 e. The predicted molar refractivity (Wildman–Crippen MR) is 69.0 cm³/mol. The Hall–Kier alpha value is -1.63. The van der Waals surface area contributed by atoms with Crippen molar-refractivity contribution in [2.75, 3.05) is 19.7 Å². The number of amides is 2. The van der Waals surface area contributed by atoms with Gasteiger partial charge in [0.25, 0.3) is 0 Å². The predicted octanol–water partition coefficient (Wildman–Crippen LogP) is -0.253. The summed E-state index contributed by atoms with van der Waals surface area (Å²) in [5.41, 5.74) is 0. The monoisotopic (exact) mass is 284 g/mol. The number of rotatable bonds is 4. The fourth-order valence-electron chi connectivity index (χ4n) is 2.59. The van der Waals surface area contributed by atoms with Crippen LogP contribution in [-0.4, -0.2) is 59.6 Å². The second-order valence-electron chi connectivity index (χ2n) is 5.21. The quantitative estimate of drug-likeness (QED) is 0.742. The second-order valence-corrected chi connectivity index (χ2v) is 5.21. The van der Waals surface area contributed by atoms with Gasteiger partial charge in [-0.3, -0.25) is 9.59 Å². The van der Waals surface area contributed by atoms with Gasteiger partial charge < -0.3 is 20.1 Å². The third kappa shape index (κ3) is 3.69. The van der Waals surface area contributed by atoms with Crippen LogP contribution < -0.4 is 5.32 Å². The molecule has 2 unspecified atom stereocenters. The van der Waals surface area contributed by atoms with E-state index in [1.165, 1.54) is 0 Å². The number of carboxylic acid groups (broad SMARTS) is 1. The van der Waals surface area contributed by atoms with Crippen molar-refractivity contribution >= 4 is 17.8 Å². The zero-order valence-corrected chi connectivity index (χ0v) is 11.3. The molecule has 2 atom stereocenters. The Kier molecular flexibility index (Phi) is 4.94. The van der Waals surface area contributed by atoms with Crippen LogP contribution in [-0.2, 0) is 19.1 Å². The van der Waals surface area contributed by atoms with Crippen molar-refractivity contribution in [2.45, 2.75) is 44.2 Å². The molecule has 7 nitrogen and oxygen atoms in total. The lowest BCUT2D eigenvalue weighted by molar-refractivity contribution is -0.154. The Morgan fingerprint density at radius 3 is 2.85 bits per heavy atom. The van der Waals surface area contributed by atoms with Crippen molar-refractivity contribution in [3.8, 4) is 0 Å². The summed E-state index contributed by atoms with van der Waals surface area (Å²) in [7, 11) is 0. The van der Waals surface area contributed by atoms with E-state index in [1.807, 2.05) is 0 Å². The maximum atomic E-state index is 12.1. The molecule has 7 heteroatoms. The van der Waals surface area contributed by atoms with Crippen molar-refractivity contribution in [2.24, 2.45) is 0 Å². The van der Waals surface area contributed by atoms with Crippen molar-refractivity contribution in [1.82, 2.24) is 10.2 Å². The average molecular weight is 284 g/mol. The number of carbonyl (C=O) groups is 3. The summed E-state index contributed by atoms with van der Waals surface area (Å²) < 4.78 is 5.54. The van der Waals surface area contributed by atoms with Crippen LogP contribution in [0.1, 0.15) is 32.1 Å². The van der Waals surface area contributed by atoms with Gasteiger partial charge in [-0.15, -0.1) is 0 Å². The molecule has 0 saturated carbocycles. The van der Waals surface area contributed by atoms with Crippen LogP contribution in [0.3, 0.4) is 0 Å². The molecule has 2 amide bonds. The van der Waals surface area contributed by atoms with Gasteiger partial charge in [-0.05, 0) is 25.7 Å². The number of ether oxygens (including phenoxy) is 1. The first-order valence-electron chi connectivity index (χ1n) is 6.98. The highest BCUT2D eigenvalue weighted by atomic mass is 16.5. The molecule has 2 aliphatic rings. The number of carbonyl (C=O) groups excluding carboxylic acids is 2. The summed E-state index contributed by atoms with van der Waals surface area (Å²) in [5, 5.41) is 11.6. The first kappa shape index (κ1) is 14.8. The number of hydrogen-bond acceptors (Lipinski definition) is 4. The Labute approximate surface area is 117 Å². The fraction of sp³-hybridized carbons (Fsp3) is 0.769. The minimum atomic E-state index is -1.09. The van der Waals surface area contributed by atoms with Crippen LogP contribution >= 0.6 is 0 Å². The molecule has 0 aliphatic carbocycles. The molecular weight excluding hydrogens is 264 g/mol. The van der Waals surface area contributed by atoms with E-state index in [2.05, 4.69) is 5.32 Å². The third-order valence-corrected chi connectivity index (χ3v) is 3.74. The molecule has 112 valence electrons. The number of hydrogen-bond donors (Lipinski definition) is 2. The number of aliphatic carboxylic acids is 1. The highest BCUT2D eigenvalue weighted by Gasteiger charge is 2.35. The molecule has 2 heterocycles. The lowest BCUT2D eigenvalue weighted by Crippen LogP contribution is -2.59. The molecule has 2 N–H and O–H groups in total. The molecule has 0 aromatic heterocycles. The molecule has 0 aromatic rings. The molecule has 2 saturated heterocycles. The maximum Gasteiger partial charge on any atom is 0.328 e. The van der Waals surface area contributed by atoms with Crippen LogP contribution in [0, 0.1) is 0 Å². The topological polar surface area (TPSA) is 95.9 Å². The van der Waals surface area contributed by atoms with Crippen molar-refractivity contribution in [3.63, 3.8) is 0 Å². The maximum absolute atomic E-state index is 12.1. The summed E-state index contributed by atoms with van der Waals surface area (Å²) in [6.07, 6.45) is 3.98. The molecule has 0 radical (unpaired) electrons. The normalized spacial score (nSPS) is 27.0. The van der Waals surface area contributed by atoms with Gasteiger partial charge in [0.15, 0.2) is 0 Å². The van der Waals surface area contributed by atoms with Crippen molar-refractivity contribution in [3.05, 3.63) is 0 Å². The first-order valence-corrected chi connectivity index (χ1v) is 6.98. The Morgan fingerprint density at radius 2 is 2.20 bits per heavy atom. The zero-order chi connectivity index (χ0) is 14.5. The Morgan fingerprint density at radius 1 is 1.40 bits per heavy atom. The van der Waals surface area contributed by atoms with Crippen LogP contribution in [0.2, 0.25) is 0 Å². The molecule has 2 aliphatic heterocycles. The molecule has 2 rings (SSSR count). The second kappa shape index (κ2) is 6.69. The summed E-state index contributed by atoms with van der Waals surface area (Å²) >= 11 is 0. The first-order chi connectivity index (χ1) is 9.58. The van der Waals surface area contributed by atoms with E-state index in [4.69, 9.17) is 9.84 Å². The summed E-state index contributed by atoms with van der Waals surface area (Å²) in [4.78, 5) is 35.7. The number of carboxylic acids is 1. The molecule has 20 heavy (non-hydrogen) atoms. The van der Waals surface area contributed by atoms with E-state index in [0.717, 1.165) is 30.8 Å². The molecule has 0 bridgehead atoms. The van der Waals surface area contributed by atoms with E-state index < -0.39 is 12.0 Å². The summed E-state index contributed by atoms with van der Waals surface area (Å²) in [6.45, 7) is 0.518. The Bertz CT molecular complexity index is 392. The molecule has 0 aromatic carbocycles. The van der Waals surface area contributed by atoms with Gasteiger partial charge in [-0.25, -0.2) is 4.79 Å². The van der Waals surface area contributed by atoms with Gasteiger partial charge in [-0.1, -0.05) is 0 Å². The number of nitrogens with one attached hydrogen (secondary N) is 1. The van der Waals surface area contributed by atoms with Gasteiger partial charge in [0.05, 0.1) is 6.10 Å². The Balaban J connectivity index is 1.87. The SMILES string of the molecule is O=C1CN(C(=O)CCC2CCCCO2)C(C(=O)O)CN1. The van der Waals surface area contributed by atoms with E-state index in [-0.39, 0.29) is 37.4 Å². The van der Waals surface area contributed by atoms with Gasteiger partial charge in [0, 0.05) is 19.6 Å². The fourth-order valence-corrected chi connectivity index (χ4v) is 2.59. The van der Waals surface area contributed by atoms with Gasteiger partial charge in [0.1, 0.15) is 12.6 Å². The molecule has 0 spiro atoms. The van der Waals surface area contributed by atoms with Crippen molar-refractivity contribution in [1.29, 1.82) is 0 Å². The highest BCUT2D eigenvalue weighted by molar-refractivity contribution is 5.91. The van der Waals surface area contributed by atoms with Crippen LogP contribution in [0.25, 0.3) is 0 Å². The largest absolute Gasteiger partial charge is 0.480 e. The number of nitrogens with zero attached hydrogens (tertiary/aromatic N) is 1. The van der Waals surface area contributed by atoms with Crippen LogP contribution in [0.5, 0.6) is 0 Å². The zero-order valence-electron chi connectivity index (χ0n) is 11.3. The summed E-state index contributed by atoms with van der Waals surface area (Å²) in [6, 6.07) is -0.965. The standard InChI is InChI=1S/C13H20N2O5/c16-11-8-15(10(7-14-11)13(18)19)12(17)5-4-9-3-1-2-6-20-9/h9-10H,1-8H2,(H,14,16)(H,18,19).